The Balaban J connectivity index is 1.87. The number of halogens is 1. The van der Waals surface area contributed by atoms with E-state index in [9.17, 15) is 4.79 Å². The summed E-state index contributed by atoms with van der Waals surface area (Å²) >= 11 is 3.23. The molecule has 1 aliphatic rings. The van der Waals surface area contributed by atoms with Gasteiger partial charge in [-0.3, -0.25) is 4.79 Å². The first-order valence-electron chi connectivity index (χ1n) is 5.14. The Labute approximate surface area is 103 Å². The summed E-state index contributed by atoms with van der Waals surface area (Å²) in [7, 11) is 1.70. The topological polar surface area (TPSA) is 51.2 Å². The molecule has 1 fully saturated rings. The van der Waals surface area contributed by atoms with Gasteiger partial charge in [-0.25, -0.2) is 4.98 Å². The number of nitrogens with zero attached hydrogens (tertiary/aromatic N) is 1. The van der Waals surface area contributed by atoms with E-state index in [4.69, 9.17) is 4.74 Å². The first-order chi connectivity index (χ1) is 7.69. The predicted octanol–water partition coefficient (Wildman–Crippen LogP) is 1.75. The average Bonchev–Trinajstić information content (AvgIpc) is 2.23. The molecular formula is C11H13BrN2O2. The van der Waals surface area contributed by atoms with Gasteiger partial charge in [-0.1, -0.05) is 0 Å². The molecule has 5 heteroatoms. The molecule has 0 unspecified atom stereocenters. The lowest BCUT2D eigenvalue weighted by molar-refractivity contribution is 0.0176. The minimum atomic E-state index is -0.0699. The van der Waals surface area contributed by atoms with Crippen LogP contribution in [0.15, 0.2) is 22.9 Å². The molecule has 0 saturated heterocycles. The SMILES string of the molecule is COC1CC(NC(=O)c2ccc(Br)nc2)C1. The molecule has 0 aromatic carbocycles. The fourth-order valence-electron chi connectivity index (χ4n) is 1.65. The Morgan fingerprint density at radius 1 is 1.56 bits per heavy atom. The van der Waals surface area contributed by atoms with Crippen LogP contribution in [0.3, 0.4) is 0 Å². The van der Waals surface area contributed by atoms with Crippen molar-refractivity contribution in [2.45, 2.75) is 25.0 Å². The molecular weight excluding hydrogens is 272 g/mol. The standard InChI is InChI=1S/C11H13BrN2O2/c1-16-9-4-8(5-9)14-11(15)7-2-3-10(12)13-6-7/h2-3,6,8-9H,4-5H2,1H3,(H,14,15). The monoisotopic (exact) mass is 284 g/mol. The van der Waals surface area contributed by atoms with Crippen molar-refractivity contribution in [2.24, 2.45) is 0 Å². The molecule has 16 heavy (non-hydrogen) atoms. The van der Waals surface area contributed by atoms with Gasteiger partial charge < -0.3 is 10.1 Å². The molecule has 86 valence electrons. The Morgan fingerprint density at radius 2 is 2.31 bits per heavy atom. The number of hydrogen-bond acceptors (Lipinski definition) is 3. The van der Waals surface area contributed by atoms with Crippen LogP contribution in [0.1, 0.15) is 23.2 Å². The van der Waals surface area contributed by atoms with Crippen LogP contribution in [-0.2, 0) is 4.74 Å². The van der Waals surface area contributed by atoms with Crippen LogP contribution < -0.4 is 5.32 Å². The van der Waals surface area contributed by atoms with E-state index in [1.54, 1.807) is 25.4 Å². The summed E-state index contributed by atoms with van der Waals surface area (Å²) in [4.78, 5) is 15.8. The van der Waals surface area contributed by atoms with Crippen molar-refractivity contribution >= 4 is 21.8 Å². The largest absolute Gasteiger partial charge is 0.381 e. The fourth-order valence-corrected chi connectivity index (χ4v) is 1.89. The lowest BCUT2D eigenvalue weighted by Crippen LogP contribution is -2.47. The Morgan fingerprint density at radius 3 is 2.88 bits per heavy atom. The van der Waals surface area contributed by atoms with Crippen molar-refractivity contribution in [1.82, 2.24) is 10.3 Å². The highest BCUT2D eigenvalue weighted by atomic mass is 79.9. The normalized spacial score (nSPS) is 23.6. The number of methoxy groups -OCH3 is 1. The third kappa shape index (κ3) is 2.59. The average molecular weight is 285 g/mol. The van der Waals surface area contributed by atoms with Crippen LogP contribution in [0.2, 0.25) is 0 Å². The molecule has 0 atom stereocenters. The zero-order chi connectivity index (χ0) is 11.5. The van der Waals surface area contributed by atoms with Gasteiger partial charge in [0, 0.05) is 19.3 Å². The second-order valence-corrected chi connectivity index (χ2v) is 4.68. The number of amides is 1. The molecule has 0 aliphatic heterocycles. The third-order valence-electron chi connectivity index (χ3n) is 2.75. The Kier molecular flexibility index (Phi) is 3.56. The van der Waals surface area contributed by atoms with Crippen LogP contribution in [0.5, 0.6) is 0 Å². The zero-order valence-corrected chi connectivity index (χ0v) is 10.5. The molecule has 2 rings (SSSR count). The molecule has 1 saturated carbocycles. The highest BCUT2D eigenvalue weighted by molar-refractivity contribution is 9.10. The molecule has 1 aromatic rings. The van der Waals surface area contributed by atoms with E-state index in [0.29, 0.717) is 11.7 Å². The highest BCUT2D eigenvalue weighted by Crippen LogP contribution is 2.22. The summed E-state index contributed by atoms with van der Waals surface area (Å²) in [6.07, 6.45) is 3.65. The van der Waals surface area contributed by atoms with Gasteiger partial charge >= 0.3 is 0 Å². The number of rotatable bonds is 3. The first kappa shape index (κ1) is 11.5. The number of aromatic nitrogens is 1. The number of carbonyl (C=O) groups is 1. The molecule has 1 aliphatic carbocycles. The molecule has 1 aromatic heterocycles. The van der Waals surface area contributed by atoms with Crippen LogP contribution in [0.25, 0.3) is 0 Å². The molecule has 0 radical (unpaired) electrons. The van der Waals surface area contributed by atoms with E-state index < -0.39 is 0 Å². The van der Waals surface area contributed by atoms with Gasteiger partial charge in [-0.15, -0.1) is 0 Å². The molecule has 1 heterocycles. The number of pyridine rings is 1. The van der Waals surface area contributed by atoms with E-state index in [-0.39, 0.29) is 11.9 Å². The van der Waals surface area contributed by atoms with Crippen molar-refractivity contribution in [1.29, 1.82) is 0 Å². The maximum Gasteiger partial charge on any atom is 0.253 e. The van der Waals surface area contributed by atoms with Gasteiger partial charge in [-0.2, -0.15) is 0 Å². The van der Waals surface area contributed by atoms with Crippen molar-refractivity contribution < 1.29 is 9.53 Å². The second-order valence-electron chi connectivity index (χ2n) is 3.87. The predicted molar refractivity (Wildman–Crippen MR) is 63.2 cm³/mol. The molecule has 0 spiro atoms. The summed E-state index contributed by atoms with van der Waals surface area (Å²) in [5.41, 5.74) is 0.587. The number of ether oxygens (including phenoxy) is 1. The van der Waals surface area contributed by atoms with Gasteiger partial charge in [0.15, 0.2) is 0 Å². The summed E-state index contributed by atoms with van der Waals surface area (Å²) < 4.78 is 5.88. The van der Waals surface area contributed by atoms with Crippen molar-refractivity contribution in [3.05, 3.63) is 28.5 Å². The highest BCUT2D eigenvalue weighted by Gasteiger charge is 2.30. The lowest BCUT2D eigenvalue weighted by Gasteiger charge is -2.34. The quantitative estimate of drug-likeness (QED) is 0.861. The van der Waals surface area contributed by atoms with Crippen LogP contribution in [0, 0.1) is 0 Å². The number of hydrogen-bond donors (Lipinski definition) is 1. The van der Waals surface area contributed by atoms with Crippen molar-refractivity contribution in [3.8, 4) is 0 Å². The van der Waals surface area contributed by atoms with Gasteiger partial charge in [0.25, 0.3) is 5.91 Å². The van der Waals surface area contributed by atoms with E-state index in [1.165, 1.54) is 0 Å². The van der Waals surface area contributed by atoms with Crippen LogP contribution in [0.4, 0.5) is 0 Å². The second kappa shape index (κ2) is 4.93. The summed E-state index contributed by atoms with van der Waals surface area (Å²) in [5, 5.41) is 2.94. The van der Waals surface area contributed by atoms with E-state index in [0.717, 1.165) is 17.4 Å². The third-order valence-corrected chi connectivity index (χ3v) is 3.22. The van der Waals surface area contributed by atoms with E-state index >= 15 is 0 Å². The minimum absolute atomic E-state index is 0.0699. The Hall–Kier alpha value is -0.940. The minimum Gasteiger partial charge on any atom is -0.381 e. The van der Waals surface area contributed by atoms with Gasteiger partial charge in [0.05, 0.1) is 11.7 Å². The zero-order valence-electron chi connectivity index (χ0n) is 8.94. The molecule has 1 N–H and O–H groups in total. The van der Waals surface area contributed by atoms with E-state index in [1.807, 2.05) is 0 Å². The van der Waals surface area contributed by atoms with Gasteiger partial charge in [0.2, 0.25) is 0 Å². The lowest BCUT2D eigenvalue weighted by atomic mass is 9.89. The summed E-state index contributed by atoms with van der Waals surface area (Å²) in [6, 6.07) is 3.74. The number of carbonyl (C=O) groups excluding carboxylic acids is 1. The van der Waals surface area contributed by atoms with Gasteiger partial charge in [0.1, 0.15) is 4.60 Å². The molecule has 4 nitrogen and oxygen atoms in total. The smallest absolute Gasteiger partial charge is 0.253 e. The molecule has 1 amide bonds. The van der Waals surface area contributed by atoms with Crippen molar-refractivity contribution in [2.75, 3.05) is 7.11 Å². The van der Waals surface area contributed by atoms with E-state index in [2.05, 4.69) is 26.2 Å². The maximum absolute atomic E-state index is 11.7. The first-order valence-corrected chi connectivity index (χ1v) is 5.93. The fraction of sp³-hybridized carbons (Fsp3) is 0.455. The van der Waals surface area contributed by atoms with Gasteiger partial charge in [-0.05, 0) is 40.9 Å². The number of nitrogens with one attached hydrogen (secondary N) is 1. The summed E-state index contributed by atoms with van der Waals surface area (Å²) in [5.74, 6) is -0.0699. The summed E-state index contributed by atoms with van der Waals surface area (Å²) in [6.45, 7) is 0. The molecule has 0 bridgehead atoms. The Bertz CT molecular complexity index is 374. The van der Waals surface area contributed by atoms with Crippen LogP contribution in [-0.4, -0.2) is 30.1 Å². The maximum atomic E-state index is 11.7. The van der Waals surface area contributed by atoms with Crippen molar-refractivity contribution in [3.63, 3.8) is 0 Å². The van der Waals surface area contributed by atoms with Crippen LogP contribution >= 0.6 is 15.9 Å².